The van der Waals surface area contributed by atoms with Gasteiger partial charge in [0.25, 0.3) is 0 Å². The second-order valence-corrected chi connectivity index (χ2v) is 3.63. The molecule has 1 atom stereocenters. The van der Waals surface area contributed by atoms with Crippen LogP contribution in [-0.2, 0) is 0 Å². The highest BCUT2D eigenvalue weighted by Gasteiger charge is 2.16. The van der Waals surface area contributed by atoms with E-state index >= 15 is 0 Å². The summed E-state index contributed by atoms with van der Waals surface area (Å²) in [5.41, 5.74) is 0. The predicted octanol–water partition coefficient (Wildman–Crippen LogP) is 2.61. The van der Waals surface area contributed by atoms with E-state index in [1.807, 2.05) is 24.3 Å². The summed E-state index contributed by atoms with van der Waals surface area (Å²) in [6, 6.07) is 7.79. The van der Waals surface area contributed by atoms with Gasteiger partial charge < -0.3 is 9.47 Å². The molecule has 3 heteroatoms. The summed E-state index contributed by atoms with van der Waals surface area (Å²) in [7, 11) is 0. The van der Waals surface area contributed by atoms with Crippen LogP contribution in [0.15, 0.2) is 24.3 Å². The van der Waals surface area contributed by atoms with E-state index in [1.54, 1.807) is 0 Å². The first-order valence-corrected chi connectivity index (χ1v) is 5.47. The Balaban J connectivity index is 2.23. The number of alkyl halides is 1. The summed E-state index contributed by atoms with van der Waals surface area (Å²) >= 11 is 3.42. The van der Waals surface area contributed by atoms with E-state index in [0.29, 0.717) is 0 Å². The van der Waals surface area contributed by atoms with Gasteiger partial charge in [0.05, 0.1) is 6.61 Å². The number of fused-ring (bicyclic) bond motifs is 1. The highest BCUT2D eigenvalue weighted by Crippen LogP contribution is 2.30. The zero-order valence-electron chi connectivity index (χ0n) is 7.20. The van der Waals surface area contributed by atoms with Gasteiger partial charge in [0.2, 0.25) is 0 Å². The maximum Gasteiger partial charge on any atom is 0.161 e. The largest absolute Gasteiger partial charge is 0.490 e. The van der Waals surface area contributed by atoms with Crippen LogP contribution in [0.1, 0.15) is 6.42 Å². The maximum absolute atomic E-state index is 5.73. The van der Waals surface area contributed by atoms with Crippen molar-refractivity contribution in [2.45, 2.75) is 12.5 Å². The molecule has 0 N–H and O–H groups in total. The molecule has 13 heavy (non-hydrogen) atoms. The molecule has 0 saturated carbocycles. The Bertz CT molecular complexity index is 288. The summed E-state index contributed by atoms with van der Waals surface area (Å²) in [5, 5.41) is 0.852. The number of benzene rings is 1. The van der Waals surface area contributed by atoms with E-state index in [9.17, 15) is 0 Å². The van der Waals surface area contributed by atoms with Crippen molar-refractivity contribution >= 4 is 15.9 Å². The van der Waals surface area contributed by atoms with E-state index in [0.717, 1.165) is 29.9 Å². The molecule has 1 aromatic rings. The summed E-state index contributed by atoms with van der Waals surface area (Å²) in [5.74, 6) is 1.70. The average molecular weight is 243 g/mol. The summed E-state index contributed by atoms with van der Waals surface area (Å²) in [6.45, 7) is 0.729. The van der Waals surface area contributed by atoms with Crippen molar-refractivity contribution in [1.29, 1.82) is 0 Å². The van der Waals surface area contributed by atoms with Crippen LogP contribution in [0, 0.1) is 0 Å². The highest BCUT2D eigenvalue weighted by molar-refractivity contribution is 9.09. The quantitative estimate of drug-likeness (QED) is 0.706. The van der Waals surface area contributed by atoms with E-state index < -0.39 is 0 Å². The molecule has 1 heterocycles. The average Bonchev–Trinajstić information content (AvgIpc) is 2.38. The van der Waals surface area contributed by atoms with Gasteiger partial charge in [-0.2, -0.15) is 0 Å². The first kappa shape index (κ1) is 8.88. The molecule has 0 aliphatic carbocycles. The monoisotopic (exact) mass is 242 g/mol. The van der Waals surface area contributed by atoms with Crippen molar-refractivity contribution in [3.63, 3.8) is 0 Å². The van der Waals surface area contributed by atoms with Crippen molar-refractivity contribution in [1.82, 2.24) is 0 Å². The first-order chi connectivity index (χ1) is 6.40. The minimum absolute atomic E-state index is 0.226. The molecular formula is C10H11BrO2. The number of ether oxygens (including phenoxy) is 2. The van der Waals surface area contributed by atoms with Gasteiger partial charge in [-0.25, -0.2) is 0 Å². The molecule has 1 aliphatic rings. The molecule has 0 spiro atoms. The molecule has 0 radical (unpaired) electrons. The third-order valence-electron chi connectivity index (χ3n) is 2.01. The second-order valence-electron chi connectivity index (χ2n) is 2.98. The van der Waals surface area contributed by atoms with Crippen molar-refractivity contribution in [3.05, 3.63) is 24.3 Å². The molecular weight excluding hydrogens is 232 g/mol. The molecule has 1 aliphatic heterocycles. The molecule has 2 nitrogen and oxygen atoms in total. The van der Waals surface area contributed by atoms with Crippen molar-refractivity contribution in [2.24, 2.45) is 0 Å². The van der Waals surface area contributed by atoms with Gasteiger partial charge in [0.15, 0.2) is 11.5 Å². The van der Waals surface area contributed by atoms with E-state index in [-0.39, 0.29) is 6.10 Å². The number of para-hydroxylation sites is 2. The number of rotatable bonds is 1. The number of hydrogen-bond donors (Lipinski definition) is 0. The van der Waals surface area contributed by atoms with Crippen molar-refractivity contribution in [3.8, 4) is 11.5 Å². The second kappa shape index (κ2) is 4.01. The normalized spacial score (nSPS) is 20.8. The van der Waals surface area contributed by atoms with E-state index in [1.165, 1.54) is 0 Å². The van der Waals surface area contributed by atoms with Crippen LogP contribution in [-0.4, -0.2) is 18.0 Å². The molecule has 0 saturated heterocycles. The smallest absolute Gasteiger partial charge is 0.161 e. The molecule has 70 valence electrons. The van der Waals surface area contributed by atoms with Gasteiger partial charge in [-0.1, -0.05) is 28.1 Å². The van der Waals surface area contributed by atoms with Gasteiger partial charge in [0.1, 0.15) is 6.10 Å². The van der Waals surface area contributed by atoms with Crippen LogP contribution < -0.4 is 9.47 Å². The molecule has 0 fully saturated rings. The molecule has 0 bridgehead atoms. The van der Waals surface area contributed by atoms with Gasteiger partial charge in [0, 0.05) is 11.8 Å². The Morgan fingerprint density at radius 3 is 2.85 bits per heavy atom. The minimum Gasteiger partial charge on any atom is -0.490 e. The number of halogens is 1. The fourth-order valence-corrected chi connectivity index (χ4v) is 1.77. The Kier molecular flexibility index (Phi) is 2.74. The summed E-state index contributed by atoms with van der Waals surface area (Å²) < 4.78 is 11.3. The topological polar surface area (TPSA) is 18.5 Å². The van der Waals surface area contributed by atoms with Gasteiger partial charge in [-0.3, -0.25) is 0 Å². The zero-order chi connectivity index (χ0) is 9.10. The SMILES string of the molecule is BrCC1CCOc2ccccc2O1. The number of hydrogen-bond acceptors (Lipinski definition) is 2. The van der Waals surface area contributed by atoms with Gasteiger partial charge >= 0.3 is 0 Å². The van der Waals surface area contributed by atoms with Gasteiger partial charge in [-0.15, -0.1) is 0 Å². The highest BCUT2D eigenvalue weighted by atomic mass is 79.9. The molecule has 1 unspecified atom stereocenters. The van der Waals surface area contributed by atoms with Crippen LogP contribution in [0.2, 0.25) is 0 Å². The minimum atomic E-state index is 0.226. The maximum atomic E-state index is 5.73. The third kappa shape index (κ3) is 1.97. The third-order valence-corrected chi connectivity index (χ3v) is 2.73. The standard InChI is InChI=1S/C10H11BrO2/c11-7-8-5-6-12-9-3-1-2-4-10(9)13-8/h1-4,8H,5-7H2. The van der Waals surface area contributed by atoms with Crippen LogP contribution in [0.4, 0.5) is 0 Å². The summed E-state index contributed by atoms with van der Waals surface area (Å²) in [4.78, 5) is 0. The first-order valence-electron chi connectivity index (χ1n) is 4.34. The van der Waals surface area contributed by atoms with Crippen molar-refractivity contribution < 1.29 is 9.47 Å². The Morgan fingerprint density at radius 2 is 2.08 bits per heavy atom. The molecule has 1 aromatic carbocycles. The lowest BCUT2D eigenvalue weighted by molar-refractivity contribution is 0.216. The van der Waals surface area contributed by atoms with Crippen LogP contribution in [0.25, 0.3) is 0 Å². The summed E-state index contributed by atoms with van der Waals surface area (Å²) in [6.07, 6.45) is 1.16. The van der Waals surface area contributed by atoms with Crippen LogP contribution >= 0.6 is 15.9 Å². The van der Waals surface area contributed by atoms with Crippen LogP contribution in [0.3, 0.4) is 0 Å². The lowest BCUT2D eigenvalue weighted by atomic mass is 10.3. The van der Waals surface area contributed by atoms with E-state index in [2.05, 4.69) is 15.9 Å². The predicted molar refractivity (Wildman–Crippen MR) is 54.8 cm³/mol. The Hall–Kier alpha value is -0.700. The van der Waals surface area contributed by atoms with E-state index in [4.69, 9.17) is 9.47 Å². The fraction of sp³-hybridized carbons (Fsp3) is 0.400. The van der Waals surface area contributed by atoms with Gasteiger partial charge in [-0.05, 0) is 12.1 Å². The Morgan fingerprint density at radius 1 is 1.31 bits per heavy atom. The fourth-order valence-electron chi connectivity index (χ4n) is 1.31. The lowest BCUT2D eigenvalue weighted by Gasteiger charge is -2.12. The zero-order valence-corrected chi connectivity index (χ0v) is 8.79. The van der Waals surface area contributed by atoms with Crippen molar-refractivity contribution in [2.75, 3.05) is 11.9 Å². The molecule has 0 aromatic heterocycles. The molecule has 0 amide bonds. The lowest BCUT2D eigenvalue weighted by Crippen LogP contribution is -2.18. The molecule has 2 rings (SSSR count). The van der Waals surface area contributed by atoms with Crippen LogP contribution in [0.5, 0.6) is 11.5 Å². The Labute approximate surface area is 86.0 Å².